The molecule has 2 aromatic heterocycles. The quantitative estimate of drug-likeness (QED) is 0.678. The van der Waals surface area contributed by atoms with Gasteiger partial charge in [-0.2, -0.15) is 0 Å². The first-order chi connectivity index (χ1) is 14.1. The number of amides is 1. The number of methoxy groups -OCH3 is 1. The summed E-state index contributed by atoms with van der Waals surface area (Å²) in [6.45, 7) is 5.37. The maximum atomic E-state index is 12.5. The van der Waals surface area contributed by atoms with Crippen LogP contribution in [-0.4, -0.2) is 55.0 Å². The number of nitrogens with one attached hydrogen (secondary N) is 1. The summed E-state index contributed by atoms with van der Waals surface area (Å²) in [6.07, 6.45) is 1.51. The number of ether oxygens (including phenoxy) is 1. The van der Waals surface area contributed by atoms with Crippen molar-refractivity contribution in [2.24, 2.45) is 0 Å². The van der Waals surface area contributed by atoms with E-state index in [0.29, 0.717) is 31.0 Å². The molecule has 150 valence electrons. The number of hydrogen-bond acceptors (Lipinski definition) is 5. The molecule has 1 aliphatic heterocycles. The lowest BCUT2D eigenvalue weighted by Gasteiger charge is -2.32. The molecule has 3 aromatic rings. The summed E-state index contributed by atoms with van der Waals surface area (Å²) >= 11 is 0. The number of carbonyl (C=O) groups excluding carboxylic acids is 2. The van der Waals surface area contributed by atoms with Crippen LogP contribution in [0.3, 0.4) is 0 Å². The molecular formula is C22H24N3O4+. The van der Waals surface area contributed by atoms with Gasteiger partial charge in [0.2, 0.25) is 0 Å². The van der Waals surface area contributed by atoms with Crippen LogP contribution in [0, 0.1) is 6.92 Å². The van der Waals surface area contributed by atoms with Gasteiger partial charge in [0.15, 0.2) is 5.76 Å². The van der Waals surface area contributed by atoms with Crippen LogP contribution in [0.25, 0.3) is 10.9 Å². The van der Waals surface area contributed by atoms with E-state index in [9.17, 15) is 9.59 Å². The molecule has 1 saturated heterocycles. The van der Waals surface area contributed by atoms with Crippen LogP contribution in [0.1, 0.15) is 32.2 Å². The van der Waals surface area contributed by atoms with Crippen LogP contribution in [0.5, 0.6) is 0 Å². The van der Waals surface area contributed by atoms with E-state index in [1.165, 1.54) is 18.3 Å². The fourth-order valence-electron chi connectivity index (χ4n) is 3.94. The minimum absolute atomic E-state index is 0.0797. The van der Waals surface area contributed by atoms with E-state index in [0.717, 1.165) is 35.2 Å². The van der Waals surface area contributed by atoms with Crippen LogP contribution >= 0.6 is 0 Å². The lowest BCUT2D eigenvalue weighted by molar-refractivity contribution is -0.917. The highest BCUT2D eigenvalue weighted by molar-refractivity contribution is 5.98. The summed E-state index contributed by atoms with van der Waals surface area (Å²) in [5, 5.41) is 0.959. The predicted molar refractivity (Wildman–Crippen MR) is 107 cm³/mol. The van der Waals surface area contributed by atoms with Crippen molar-refractivity contribution in [2.75, 3.05) is 33.3 Å². The van der Waals surface area contributed by atoms with E-state index in [4.69, 9.17) is 14.1 Å². The van der Waals surface area contributed by atoms with Crippen molar-refractivity contribution in [3.05, 3.63) is 65.2 Å². The Kier molecular flexibility index (Phi) is 5.31. The Labute approximate surface area is 168 Å². The van der Waals surface area contributed by atoms with Crippen LogP contribution < -0.4 is 4.90 Å². The third-order valence-electron chi connectivity index (χ3n) is 5.52. The van der Waals surface area contributed by atoms with Gasteiger partial charge in [0, 0.05) is 5.39 Å². The zero-order valence-corrected chi connectivity index (χ0v) is 16.6. The maximum absolute atomic E-state index is 12.5. The molecule has 0 spiro atoms. The SMILES string of the molecule is COC(=O)c1c(C[NH+]2CCN(C(=O)c3ccco3)CC2)nc2ccccc2c1C. The molecule has 3 heterocycles. The first-order valence-corrected chi connectivity index (χ1v) is 9.71. The Morgan fingerprint density at radius 2 is 1.93 bits per heavy atom. The Balaban J connectivity index is 1.54. The lowest BCUT2D eigenvalue weighted by atomic mass is 10.0. The topological polar surface area (TPSA) is 77.1 Å². The number of aryl methyl sites for hydroxylation is 1. The van der Waals surface area contributed by atoms with Crippen molar-refractivity contribution < 1.29 is 23.6 Å². The molecule has 1 amide bonds. The lowest BCUT2D eigenvalue weighted by Crippen LogP contribution is -3.13. The van der Waals surface area contributed by atoms with Crippen LogP contribution in [0.15, 0.2) is 47.1 Å². The molecule has 0 radical (unpaired) electrons. The van der Waals surface area contributed by atoms with Gasteiger partial charge in [-0.3, -0.25) is 4.79 Å². The average Bonchev–Trinajstić information content (AvgIpc) is 3.28. The standard InChI is InChI=1S/C22H23N3O4/c1-15-16-6-3-4-7-17(16)23-18(20(15)22(27)28-2)14-24-9-11-25(12-10-24)21(26)19-8-5-13-29-19/h3-8,13H,9-12,14H2,1-2H3/p+1. The number of para-hydroxylation sites is 1. The van der Waals surface area contributed by atoms with E-state index < -0.39 is 0 Å². The van der Waals surface area contributed by atoms with Crippen molar-refractivity contribution in [3.63, 3.8) is 0 Å². The van der Waals surface area contributed by atoms with Crippen LogP contribution in [0.4, 0.5) is 0 Å². The van der Waals surface area contributed by atoms with Gasteiger partial charge in [0.1, 0.15) is 12.2 Å². The van der Waals surface area contributed by atoms with E-state index in [-0.39, 0.29) is 11.9 Å². The van der Waals surface area contributed by atoms with Gasteiger partial charge in [-0.15, -0.1) is 0 Å². The molecule has 1 N–H and O–H groups in total. The van der Waals surface area contributed by atoms with Gasteiger partial charge in [0.05, 0.1) is 50.6 Å². The molecule has 1 aromatic carbocycles. The van der Waals surface area contributed by atoms with E-state index in [1.807, 2.05) is 36.1 Å². The van der Waals surface area contributed by atoms with E-state index in [2.05, 4.69) is 0 Å². The van der Waals surface area contributed by atoms with Crippen molar-refractivity contribution in [2.45, 2.75) is 13.5 Å². The fourth-order valence-corrected chi connectivity index (χ4v) is 3.94. The molecule has 7 heteroatoms. The number of quaternary nitrogens is 1. The third-order valence-corrected chi connectivity index (χ3v) is 5.52. The minimum atomic E-state index is -0.359. The molecule has 4 rings (SSSR count). The number of nitrogens with zero attached hydrogens (tertiary/aromatic N) is 2. The summed E-state index contributed by atoms with van der Waals surface area (Å²) in [7, 11) is 1.40. The molecule has 0 atom stereocenters. The zero-order chi connectivity index (χ0) is 20.4. The second-order valence-electron chi connectivity index (χ2n) is 7.26. The summed E-state index contributed by atoms with van der Waals surface area (Å²) in [5.41, 5.74) is 3.06. The monoisotopic (exact) mass is 394 g/mol. The van der Waals surface area contributed by atoms with Crippen LogP contribution in [-0.2, 0) is 11.3 Å². The summed E-state index contributed by atoms with van der Waals surface area (Å²) in [5.74, 6) is -0.0704. The van der Waals surface area contributed by atoms with Gasteiger partial charge in [-0.1, -0.05) is 18.2 Å². The first-order valence-electron chi connectivity index (χ1n) is 9.71. The summed E-state index contributed by atoms with van der Waals surface area (Å²) in [4.78, 5) is 32.8. The second-order valence-corrected chi connectivity index (χ2v) is 7.26. The highest BCUT2D eigenvalue weighted by Crippen LogP contribution is 2.23. The van der Waals surface area contributed by atoms with Crippen LogP contribution in [0.2, 0.25) is 0 Å². The maximum Gasteiger partial charge on any atom is 0.340 e. The molecular weight excluding hydrogens is 370 g/mol. The van der Waals surface area contributed by atoms with Crippen molar-refractivity contribution in [1.82, 2.24) is 9.88 Å². The minimum Gasteiger partial charge on any atom is -0.465 e. The molecule has 0 aliphatic carbocycles. The summed E-state index contributed by atoms with van der Waals surface area (Å²) in [6, 6.07) is 11.2. The Bertz CT molecular complexity index is 1040. The third kappa shape index (κ3) is 3.73. The average molecular weight is 394 g/mol. The largest absolute Gasteiger partial charge is 0.465 e. The highest BCUT2D eigenvalue weighted by Gasteiger charge is 2.28. The van der Waals surface area contributed by atoms with Gasteiger partial charge < -0.3 is 19.0 Å². The second kappa shape index (κ2) is 8.05. The van der Waals surface area contributed by atoms with E-state index >= 15 is 0 Å². The van der Waals surface area contributed by atoms with E-state index in [1.54, 1.807) is 12.1 Å². The number of carbonyl (C=O) groups is 2. The number of fused-ring (bicyclic) bond motifs is 1. The number of piperazine rings is 1. The Morgan fingerprint density at radius 1 is 1.17 bits per heavy atom. The van der Waals surface area contributed by atoms with Crippen molar-refractivity contribution >= 4 is 22.8 Å². The zero-order valence-electron chi connectivity index (χ0n) is 16.6. The van der Waals surface area contributed by atoms with Gasteiger partial charge >= 0.3 is 5.97 Å². The first kappa shape index (κ1) is 19.1. The number of furan rings is 1. The number of benzene rings is 1. The molecule has 0 bridgehead atoms. The molecule has 1 fully saturated rings. The Morgan fingerprint density at radius 3 is 2.62 bits per heavy atom. The molecule has 1 aliphatic rings. The molecule has 7 nitrogen and oxygen atoms in total. The van der Waals surface area contributed by atoms with Gasteiger partial charge in [-0.05, 0) is 30.7 Å². The number of rotatable bonds is 4. The molecule has 29 heavy (non-hydrogen) atoms. The normalized spacial score (nSPS) is 14.9. The van der Waals surface area contributed by atoms with Gasteiger partial charge in [0.25, 0.3) is 5.91 Å². The number of esters is 1. The molecule has 0 unspecified atom stereocenters. The predicted octanol–water partition coefficient (Wildman–Crippen LogP) is 1.46. The van der Waals surface area contributed by atoms with Crippen molar-refractivity contribution in [3.8, 4) is 0 Å². The molecule has 0 saturated carbocycles. The number of pyridine rings is 1. The number of aromatic nitrogens is 1. The fraction of sp³-hybridized carbons (Fsp3) is 0.318. The number of hydrogen-bond donors (Lipinski definition) is 1. The summed E-state index contributed by atoms with van der Waals surface area (Å²) < 4.78 is 10.3. The highest BCUT2D eigenvalue weighted by atomic mass is 16.5. The van der Waals surface area contributed by atoms with Gasteiger partial charge in [-0.25, -0.2) is 9.78 Å². The smallest absolute Gasteiger partial charge is 0.340 e. The van der Waals surface area contributed by atoms with Crippen molar-refractivity contribution in [1.29, 1.82) is 0 Å². The Hall–Kier alpha value is -3.19.